The van der Waals surface area contributed by atoms with E-state index in [0.29, 0.717) is 17.8 Å². The van der Waals surface area contributed by atoms with Gasteiger partial charge < -0.3 is 10.5 Å². The minimum atomic E-state index is -2.15. The van der Waals surface area contributed by atoms with Crippen molar-refractivity contribution in [1.29, 1.82) is 0 Å². The second-order valence-electron chi connectivity index (χ2n) is 7.71. The van der Waals surface area contributed by atoms with Crippen molar-refractivity contribution in [3.63, 3.8) is 0 Å². The number of hydrogen-bond acceptors (Lipinski definition) is 5. The molecule has 0 spiro atoms. The second-order valence-corrected chi connectivity index (χ2v) is 8.86. The van der Waals surface area contributed by atoms with Gasteiger partial charge in [0.1, 0.15) is 11.3 Å². The van der Waals surface area contributed by atoms with E-state index in [2.05, 4.69) is 35.1 Å². The molecule has 2 aromatic heterocycles. The number of nitrogens with zero attached hydrogens (tertiary/aromatic N) is 2. The monoisotopic (exact) mass is 434 g/mol. The summed E-state index contributed by atoms with van der Waals surface area (Å²) in [5.74, 6) is 1.26. The van der Waals surface area contributed by atoms with Gasteiger partial charge in [-0.25, -0.2) is 4.98 Å². The minimum Gasteiger partial charge on any atom is -0.497 e. The molecule has 0 amide bonds. The number of rotatable bonds is 7. The van der Waals surface area contributed by atoms with Gasteiger partial charge in [-0.15, -0.1) is 0 Å². The number of hydrogen-bond donors (Lipinski definition) is 2. The molecule has 0 aliphatic heterocycles. The number of anilines is 1. The fourth-order valence-electron chi connectivity index (χ4n) is 3.87. The Labute approximate surface area is 182 Å². The van der Waals surface area contributed by atoms with Crippen LogP contribution in [0.1, 0.15) is 22.3 Å². The molecule has 0 aliphatic carbocycles. The van der Waals surface area contributed by atoms with Crippen LogP contribution in [0, 0.1) is 6.92 Å². The van der Waals surface area contributed by atoms with Gasteiger partial charge in [-0.1, -0.05) is 18.2 Å². The number of ether oxygens (including phenoxy) is 1. The Balaban J connectivity index is 1.65. The standard InChI is InChI=1S/C24H24N3O3P/c1-15-11-19(30-2)7-6-18(15)5-3-17-12-21-20-8-4-16(9-10-31(28)29)13-22(20)27-24(25)23(21)26-14-17/h4,6-8,11-14H,3,5,9-10H2,1-2H3,(H2-,25,27,28,29)/p+1. The van der Waals surface area contributed by atoms with Crippen LogP contribution >= 0.6 is 8.03 Å². The number of benzene rings is 2. The summed E-state index contributed by atoms with van der Waals surface area (Å²) in [6, 6.07) is 14.2. The van der Waals surface area contributed by atoms with Crippen LogP contribution in [0.3, 0.4) is 0 Å². The lowest BCUT2D eigenvalue weighted by Crippen LogP contribution is -1.99. The molecule has 4 aromatic rings. The largest absolute Gasteiger partial charge is 0.505 e. The smallest absolute Gasteiger partial charge is 0.497 e. The predicted octanol–water partition coefficient (Wildman–Crippen LogP) is 4.74. The zero-order valence-corrected chi connectivity index (χ0v) is 18.5. The second kappa shape index (κ2) is 8.96. The molecule has 0 fully saturated rings. The van der Waals surface area contributed by atoms with Crippen LogP contribution in [0.5, 0.6) is 5.75 Å². The summed E-state index contributed by atoms with van der Waals surface area (Å²) in [4.78, 5) is 18.2. The van der Waals surface area contributed by atoms with Crippen molar-refractivity contribution in [2.75, 3.05) is 19.0 Å². The fraction of sp³-hybridized carbons (Fsp3) is 0.250. The Hall–Kier alpha value is -3.08. The van der Waals surface area contributed by atoms with E-state index < -0.39 is 8.03 Å². The molecule has 3 N–H and O–H groups in total. The summed E-state index contributed by atoms with van der Waals surface area (Å²) < 4.78 is 16.3. The van der Waals surface area contributed by atoms with Crippen LogP contribution < -0.4 is 10.5 Å². The van der Waals surface area contributed by atoms with Crippen molar-refractivity contribution in [3.05, 3.63) is 70.9 Å². The van der Waals surface area contributed by atoms with Gasteiger partial charge in [0.2, 0.25) is 0 Å². The van der Waals surface area contributed by atoms with Gasteiger partial charge in [-0.2, -0.15) is 4.89 Å². The van der Waals surface area contributed by atoms with Crippen LogP contribution in [0.2, 0.25) is 0 Å². The van der Waals surface area contributed by atoms with E-state index in [0.717, 1.165) is 46.0 Å². The first-order chi connectivity index (χ1) is 14.9. The molecular formula is C24H25N3O3P+. The predicted molar refractivity (Wildman–Crippen MR) is 125 cm³/mol. The average molecular weight is 434 g/mol. The maximum atomic E-state index is 11.0. The highest BCUT2D eigenvalue weighted by Crippen LogP contribution is 2.29. The molecule has 0 bridgehead atoms. The van der Waals surface area contributed by atoms with Crippen LogP contribution in [-0.2, 0) is 23.8 Å². The molecule has 6 nitrogen and oxygen atoms in total. The van der Waals surface area contributed by atoms with Gasteiger partial charge in [0, 0.05) is 23.4 Å². The first-order valence-corrected chi connectivity index (χ1v) is 11.6. The van der Waals surface area contributed by atoms with Crippen molar-refractivity contribution in [3.8, 4) is 5.75 Å². The summed E-state index contributed by atoms with van der Waals surface area (Å²) in [6.45, 7) is 2.10. The maximum Gasteiger partial charge on any atom is 0.505 e. The highest BCUT2D eigenvalue weighted by molar-refractivity contribution is 7.37. The first-order valence-electron chi connectivity index (χ1n) is 10.2. The molecule has 1 unspecified atom stereocenters. The van der Waals surface area contributed by atoms with E-state index in [1.807, 2.05) is 30.5 Å². The zero-order valence-electron chi connectivity index (χ0n) is 17.6. The Morgan fingerprint density at radius 3 is 2.61 bits per heavy atom. The molecule has 4 rings (SSSR count). The van der Waals surface area contributed by atoms with Gasteiger partial charge in [0.15, 0.2) is 12.0 Å². The summed E-state index contributed by atoms with van der Waals surface area (Å²) >= 11 is 0. The Morgan fingerprint density at radius 2 is 1.87 bits per heavy atom. The van der Waals surface area contributed by atoms with Gasteiger partial charge >= 0.3 is 8.03 Å². The van der Waals surface area contributed by atoms with Crippen LogP contribution in [0.25, 0.3) is 21.8 Å². The van der Waals surface area contributed by atoms with Crippen molar-refractivity contribution >= 4 is 35.7 Å². The SMILES string of the molecule is COc1ccc(CCc2cnc3c(N)nc4cc(CC[P+](=O)O)ccc4c3c2)c(C)c1. The molecule has 2 heterocycles. The number of nitrogens with two attached hydrogens (primary N) is 1. The van der Waals surface area contributed by atoms with E-state index in [1.54, 1.807) is 7.11 Å². The molecular weight excluding hydrogens is 409 g/mol. The third kappa shape index (κ3) is 4.66. The molecule has 0 saturated carbocycles. The Bertz CT molecular complexity index is 1290. The van der Waals surface area contributed by atoms with E-state index in [9.17, 15) is 4.57 Å². The summed E-state index contributed by atoms with van der Waals surface area (Å²) in [5, 5.41) is 1.96. The lowest BCUT2D eigenvalue weighted by molar-refractivity contribution is 0.414. The molecule has 2 aromatic carbocycles. The van der Waals surface area contributed by atoms with E-state index >= 15 is 0 Å². The normalized spacial score (nSPS) is 11.8. The van der Waals surface area contributed by atoms with Gasteiger partial charge in [-0.3, -0.25) is 4.98 Å². The summed E-state index contributed by atoms with van der Waals surface area (Å²) in [6.07, 6.45) is 4.41. The fourth-order valence-corrected chi connectivity index (χ4v) is 4.32. The number of nitrogen functional groups attached to an aromatic ring is 1. The molecule has 31 heavy (non-hydrogen) atoms. The molecule has 0 radical (unpaired) electrons. The number of aromatic nitrogens is 2. The van der Waals surface area contributed by atoms with Gasteiger partial charge in [0.25, 0.3) is 0 Å². The third-order valence-corrected chi connectivity index (χ3v) is 6.21. The minimum absolute atomic E-state index is 0.236. The maximum absolute atomic E-state index is 11.0. The van der Waals surface area contributed by atoms with Crippen molar-refractivity contribution < 1.29 is 14.2 Å². The van der Waals surface area contributed by atoms with Crippen LogP contribution in [0.15, 0.2) is 48.7 Å². The zero-order chi connectivity index (χ0) is 22.0. The molecule has 1 atom stereocenters. The highest BCUT2D eigenvalue weighted by atomic mass is 31.1. The molecule has 0 aliphatic rings. The van der Waals surface area contributed by atoms with E-state index in [1.165, 1.54) is 11.1 Å². The lowest BCUT2D eigenvalue weighted by atomic mass is 9.99. The number of fused-ring (bicyclic) bond motifs is 3. The van der Waals surface area contributed by atoms with Crippen molar-refractivity contribution in [2.24, 2.45) is 0 Å². The molecule has 0 saturated heterocycles. The average Bonchev–Trinajstić information content (AvgIpc) is 2.76. The van der Waals surface area contributed by atoms with E-state index in [-0.39, 0.29) is 6.16 Å². The quantitative estimate of drug-likeness (QED) is 0.322. The Morgan fingerprint density at radius 1 is 1.03 bits per heavy atom. The Kier molecular flexibility index (Phi) is 6.12. The van der Waals surface area contributed by atoms with Gasteiger partial charge in [0.05, 0.1) is 12.6 Å². The van der Waals surface area contributed by atoms with E-state index in [4.69, 9.17) is 15.4 Å². The molecule has 158 valence electrons. The van der Waals surface area contributed by atoms with Crippen molar-refractivity contribution in [2.45, 2.75) is 26.2 Å². The topological polar surface area (TPSA) is 98.3 Å². The highest BCUT2D eigenvalue weighted by Gasteiger charge is 2.13. The van der Waals surface area contributed by atoms with Crippen LogP contribution in [0.4, 0.5) is 5.82 Å². The van der Waals surface area contributed by atoms with Crippen LogP contribution in [-0.4, -0.2) is 28.1 Å². The number of aryl methyl sites for hydroxylation is 4. The lowest BCUT2D eigenvalue weighted by Gasteiger charge is -2.10. The number of pyridine rings is 2. The summed E-state index contributed by atoms with van der Waals surface area (Å²) in [5.41, 5.74) is 12.3. The third-order valence-electron chi connectivity index (χ3n) is 5.60. The summed E-state index contributed by atoms with van der Waals surface area (Å²) in [7, 11) is -0.470. The van der Waals surface area contributed by atoms with Gasteiger partial charge in [-0.05, 0) is 70.8 Å². The van der Waals surface area contributed by atoms with Crippen molar-refractivity contribution in [1.82, 2.24) is 9.97 Å². The molecule has 7 heteroatoms. The number of methoxy groups -OCH3 is 1. The first kappa shape index (κ1) is 21.2.